The van der Waals surface area contributed by atoms with Crippen LogP contribution in [0.1, 0.15) is 0 Å². The lowest BCUT2D eigenvalue weighted by Crippen LogP contribution is -1.99. The van der Waals surface area contributed by atoms with Crippen LogP contribution in [0.4, 0.5) is 0 Å². The molecule has 19 heavy (non-hydrogen) atoms. The molecule has 4 aromatic rings. The standard InChI is InChI=1S/C15H9NO3/c17-13-3-1-2-10-11-4-9-7-19-16-12(9)5-8(11)6-14(18)15(10)13/h1-7,16-17H. The second kappa shape index (κ2) is 3.38. The Bertz CT molecular complexity index is 995. The van der Waals surface area contributed by atoms with E-state index in [2.05, 4.69) is 5.16 Å². The molecule has 0 saturated heterocycles. The van der Waals surface area contributed by atoms with Crippen molar-refractivity contribution in [1.82, 2.24) is 5.16 Å². The number of aromatic amines is 1. The van der Waals surface area contributed by atoms with Gasteiger partial charge >= 0.3 is 0 Å². The number of benzene rings is 3. The summed E-state index contributed by atoms with van der Waals surface area (Å²) in [5, 5.41) is 16.4. The highest BCUT2D eigenvalue weighted by molar-refractivity contribution is 6.12. The Morgan fingerprint density at radius 1 is 1.05 bits per heavy atom. The van der Waals surface area contributed by atoms with Crippen LogP contribution in [0, 0.1) is 0 Å². The molecule has 1 aromatic heterocycles. The van der Waals surface area contributed by atoms with Crippen LogP contribution >= 0.6 is 0 Å². The number of H-pyrrole nitrogens is 1. The van der Waals surface area contributed by atoms with Crippen molar-refractivity contribution in [1.29, 1.82) is 0 Å². The highest BCUT2D eigenvalue weighted by Gasteiger charge is 2.09. The van der Waals surface area contributed by atoms with Crippen molar-refractivity contribution in [2.45, 2.75) is 0 Å². The SMILES string of the molecule is O=c1cc2cc3[nH]occ3cc2c2cccc(O)c12. The molecule has 4 nitrogen and oxygen atoms in total. The maximum atomic E-state index is 12.1. The van der Waals surface area contributed by atoms with Gasteiger partial charge in [-0.25, -0.2) is 5.16 Å². The second-order valence-corrected chi connectivity index (χ2v) is 4.57. The van der Waals surface area contributed by atoms with E-state index < -0.39 is 0 Å². The maximum Gasteiger partial charge on any atom is 0.190 e. The average Bonchev–Trinajstić information content (AvgIpc) is 2.84. The van der Waals surface area contributed by atoms with Crippen LogP contribution < -0.4 is 5.43 Å². The van der Waals surface area contributed by atoms with Crippen LogP contribution in [-0.4, -0.2) is 10.3 Å². The van der Waals surface area contributed by atoms with Gasteiger partial charge in [-0.05, 0) is 40.4 Å². The molecule has 0 spiro atoms. The van der Waals surface area contributed by atoms with Gasteiger partial charge < -0.3 is 9.63 Å². The molecular weight excluding hydrogens is 242 g/mol. The number of hydrogen-bond acceptors (Lipinski definition) is 3. The number of rotatable bonds is 0. The topological polar surface area (TPSA) is 66.2 Å². The zero-order valence-electron chi connectivity index (χ0n) is 9.81. The van der Waals surface area contributed by atoms with E-state index in [1.165, 1.54) is 12.1 Å². The number of aromatic hydroxyl groups is 1. The summed E-state index contributed by atoms with van der Waals surface area (Å²) >= 11 is 0. The van der Waals surface area contributed by atoms with Crippen LogP contribution in [0.15, 0.2) is 52.0 Å². The van der Waals surface area contributed by atoms with Crippen LogP contribution in [0.2, 0.25) is 0 Å². The summed E-state index contributed by atoms with van der Waals surface area (Å²) < 4.78 is 5.05. The van der Waals surface area contributed by atoms with Crippen LogP contribution in [-0.2, 0) is 0 Å². The molecule has 1 heterocycles. The number of hydrogen-bond donors (Lipinski definition) is 2. The van der Waals surface area contributed by atoms with E-state index in [9.17, 15) is 9.90 Å². The molecule has 0 atom stereocenters. The summed E-state index contributed by atoms with van der Waals surface area (Å²) in [6, 6.07) is 10.5. The van der Waals surface area contributed by atoms with Crippen molar-refractivity contribution >= 4 is 32.4 Å². The van der Waals surface area contributed by atoms with Crippen LogP contribution in [0.25, 0.3) is 32.4 Å². The molecule has 0 radical (unpaired) electrons. The fourth-order valence-electron chi connectivity index (χ4n) is 2.57. The number of nitrogens with one attached hydrogen (secondary N) is 1. The van der Waals surface area contributed by atoms with Crippen molar-refractivity contribution in [3.8, 4) is 5.75 Å². The molecule has 0 unspecified atom stereocenters. The lowest BCUT2D eigenvalue weighted by atomic mass is 10.00. The Balaban J connectivity index is 2.36. The fraction of sp³-hybridized carbons (Fsp3) is 0. The van der Waals surface area contributed by atoms with Gasteiger partial charge in [0.25, 0.3) is 0 Å². The molecule has 4 heteroatoms. The second-order valence-electron chi connectivity index (χ2n) is 4.57. The minimum atomic E-state index is -0.177. The molecule has 0 bridgehead atoms. The van der Waals surface area contributed by atoms with Crippen molar-refractivity contribution in [2.24, 2.45) is 0 Å². The fourth-order valence-corrected chi connectivity index (χ4v) is 2.57. The lowest BCUT2D eigenvalue weighted by molar-refractivity contribution is 0.428. The summed E-state index contributed by atoms with van der Waals surface area (Å²) in [4.78, 5) is 12.1. The highest BCUT2D eigenvalue weighted by atomic mass is 16.5. The first kappa shape index (κ1) is 10.2. The van der Waals surface area contributed by atoms with Gasteiger partial charge in [-0.3, -0.25) is 4.79 Å². The quantitative estimate of drug-likeness (QED) is 0.472. The number of fused-ring (bicyclic) bond motifs is 4. The Labute approximate surface area is 106 Å². The normalized spacial score (nSPS) is 11.6. The average molecular weight is 251 g/mol. The van der Waals surface area contributed by atoms with Crippen molar-refractivity contribution in [3.05, 3.63) is 52.9 Å². The Morgan fingerprint density at radius 3 is 2.84 bits per heavy atom. The van der Waals surface area contributed by atoms with E-state index in [0.29, 0.717) is 5.39 Å². The van der Waals surface area contributed by atoms with Gasteiger partial charge in [-0.15, -0.1) is 0 Å². The van der Waals surface area contributed by atoms with E-state index in [-0.39, 0.29) is 11.2 Å². The molecule has 92 valence electrons. The Kier molecular flexibility index (Phi) is 1.82. The monoisotopic (exact) mass is 251 g/mol. The zero-order chi connectivity index (χ0) is 13.0. The molecule has 0 aliphatic heterocycles. The number of phenols is 1. The molecule has 2 N–H and O–H groups in total. The van der Waals surface area contributed by atoms with E-state index in [1.807, 2.05) is 18.2 Å². The molecule has 0 amide bonds. The Hall–Kier alpha value is -2.75. The summed E-state index contributed by atoms with van der Waals surface area (Å²) in [7, 11) is 0. The minimum Gasteiger partial charge on any atom is -0.507 e. The summed E-state index contributed by atoms with van der Waals surface area (Å²) in [6.45, 7) is 0. The van der Waals surface area contributed by atoms with Gasteiger partial charge in [0.1, 0.15) is 12.0 Å². The van der Waals surface area contributed by atoms with E-state index in [4.69, 9.17) is 4.52 Å². The van der Waals surface area contributed by atoms with E-state index in [0.717, 1.165) is 27.1 Å². The predicted molar refractivity (Wildman–Crippen MR) is 73.5 cm³/mol. The first-order valence-corrected chi connectivity index (χ1v) is 5.88. The van der Waals surface area contributed by atoms with E-state index >= 15 is 0 Å². The molecule has 0 fully saturated rings. The molecule has 3 aromatic carbocycles. The number of phenolic OH excluding ortho intramolecular Hbond substituents is 1. The van der Waals surface area contributed by atoms with Crippen LogP contribution in [0.5, 0.6) is 5.75 Å². The predicted octanol–water partition coefficient (Wildman–Crippen LogP) is 3.13. The van der Waals surface area contributed by atoms with Gasteiger partial charge in [-0.1, -0.05) is 12.1 Å². The lowest BCUT2D eigenvalue weighted by Gasteiger charge is -2.04. The summed E-state index contributed by atoms with van der Waals surface area (Å²) in [5.74, 6) is 0.0169. The molecule has 0 aliphatic rings. The molecule has 4 rings (SSSR count). The van der Waals surface area contributed by atoms with Gasteiger partial charge in [0.15, 0.2) is 5.43 Å². The molecular formula is C15H9NO3. The summed E-state index contributed by atoms with van der Waals surface area (Å²) in [5.41, 5.74) is 0.662. The number of aromatic nitrogens is 1. The maximum absolute atomic E-state index is 12.1. The summed E-state index contributed by atoms with van der Waals surface area (Å²) in [6.07, 6.45) is 1.62. The first-order chi connectivity index (χ1) is 9.24. The highest BCUT2D eigenvalue weighted by Crippen LogP contribution is 2.30. The zero-order valence-corrected chi connectivity index (χ0v) is 9.81. The van der Waals surface area contributed by atoms with Gasteiger partial charge in [0, 0.05) is 5.39 Å². The third-order valence-corrected chi connectivity index (χ3v) is 3.44. The van der Waals surface area contributed by atoms with Crippen LogP contribution in [0.3, 0.4) is 0 Å². The van der Waals surface area contributed by atoms with Gasteiger partial charge in [-0.2, -0.15) is 0 Å². The van der Waals surface area contributed by atoms with E-state index in [1.54, 1.807) is 12.3 Å². The molecule has 0 aliphatic carbocycles. The first-order valence-electron chi connectivity index (χ1n) is 5.88. The van der Waals surface area contributed by atoms with Crippen molar-refractivity contribution in [2.75, 3.05) is 0 Å². The third kappa shape index (κ3) is 1.31. The largest absolute Gasteiger partial charge is 0.507 e. The molecule has 0 saturated carbocycles. The third-order valence-electron chi connectivity index (χ3n) is 3.44. The van der Waals surface area contributed by atoms with Crippen molar-refractivity contribution in [3.63, 3.8) is 0 Å². The Morgan fingerprint density at radius 2 is 1.95 bits per heavy atom. The van der Waals surface area contributed by atoms with Gasteiger partial charge in [0.05, 0.1) is 10.9 Å². The smallest absolute Gasteiger partial charge is 0.190 e. The minimum absolute atomic E-state index is 0.0169. The van der Waals surface area contributed by atoms with Crippen molar-refractivity contribution < 1.29 is 9.63 Å². The van der Waals surface area contributed by atoms with Gasteiger partial charge in [0.2, 0.25) is 0 Å².